The van der Waals surface area contributed by atoms with Crippen LogP contribution in [-0.2, 0) is 11.3 Å². The van der Waals surface area contributed by atoms with Crippen molar-refractivity contribution in [2.45, 2.75) is 39.3 Å². The van der Waals surface area contributed by atoms with Gasteiger partial charge in [0.2, 0.25) is 5.91 Å². The van der Waals surface area contributed by atoms with Gasteiger partial charge >= 0.3 is 0 Å². The lowest BCUT2D eigenvalue weighted by Gasteiger charge is -2.32. The molecular formula is C15H25IN4OS. The van der Waals surface area contributed by atoms with Gasteiger partial charge < -0.3 is 15.5 Å². The van der Waals surface area contributed by atoms with Crippen molar-refractivity contribution in [3.63, 3.8) is 0 Å². The number of hydrogen-bond acceptors (Lipinski definition) is 3. The Hall–Kier alpha value is -0.830. The van der Waals surface area contributed by atoms with Crippen molar-refractivity contribution in [1.82, 2.24) is 15.5 Å². The van der Waals surface area contributed by atoms with Gasteiger partial charge in [-0.2, -0.15) is 0 Å². The number of hydrogen-bond donors (Lipinski definition) is 2. The Kier molecular flexibility index (Phi) is 8.16. The fourth-order valence-electron chi connectivity index (χ4n) is 2.48. The van der Waals surface area contributed by atoms with Crippen LogP contribution in [0.5, 0.6) is 0 Å². The molecule has 7 heteroatoms. The van der Waals surface area contributed by atoms with Gasteiger partial charge in [0.05, 0.1) is 6.54 Å². The summed E-state index contributed by atoms with van der Waals surface area (Å²) in [7, 11) is 1.79. The van der Waals surface area contributed by atoms with E-state index in [1.807, 2.05) is 4.90 Å². The van der Waals surface area contributed by atoms with E-state index >= 15 is 0 Å². The molecule has 22 heavy (non-hydrogen) atoms. The van der Waals surface area contributed by atoms with Crippen LogP contribution in [-0.4, -0.2) is 42.9 Å². The smallest absolute Gasteiger partial charge is 0.219 e. The molecule has 1 aromatic heterocycles. The molecule has 0 bridgehead atoms. The van der Waals surface area contributed by atoms with E-state index < -0.39 is 0 Å². The van der Waals surface area contributed by atoms with E-state index in [1.54, 1.807) is 25.3 Å². The van der Waals surface area contributed by atoms with Gasteiger partial charge in [-0.05, 0) is 31.9 Å². The number of amides is 1. The van der Waals surface area contributed by atoms with E-state index in [0.717, 1.165) is 38.4 Å². The highest BCUT2D eigenvalue weighted by atomic mass is 127. The molecule has 5 nitrogen and oxygen atoms in total. The Labute approximate surface area is 153 Å². The predicted molar refractivity (Wildman–Crippen MR) is 103 cm³/mol. The number of nitrogens with one attached hydrogen (secondary N) is 2. The summed E-state index contributed by atoms with van der Waals surface area (Å²) in [5.41, 5.74) is 0. The second-order valence-corrected chi connectivity index (χ2v) is 6.74. The summed E-state index contributed by atoms with van der Waals surface area (Å²) in [4.78, 5) is 20.1. The molecule has 1 aliphatic heterocycles. The van der Waals surface area contributed by atoms with E-state index in [-0.39, 0.29) is 29.9 Å². The number of guanidine groups is 1. The number of nitrogens with zero attached hydrogens (tertiary/aromatic N) is 2. The maximum absolute atomic E-state index is 11.3. The number of rotatable bonds is 3. The summed E-state index contributed by atoms with van der Waals surface area (Å²) in [5, 5.41) is 6.80. The third-order valence-electron chi connectivity index (χ3n) is 3.73. The van der Waals surface area contributed by atoms with Crippen LogP contribution in [0.3, 0.4) is 0 Å². The Morgan fingerprint density at radius 3 is 2.59 bits per heavy atom. The molecule has 124 valence electrons. The minimum absolute atomic E-state index is 0. The standard InChI is InChI=1S/C15H24N4OS.HI/c1-11-4-5-14(21-11)10-17-15(16-3)18-13-6-8-19(9-7-13)12(2)20;/h4-5,13H,6-10H2,1-3H3,(H2,16,17,18);1H. The molecule has 2 rings (SSSR count). The summed E-state index contributed by atoms with van der Waals surface area (Å²) in [6, 6.07) is 4.66. The Morgan fingerprint density at radius 1 is 1.41 bits per heavy atom. The van der Waals surface area contributed by atoms with Crippen molar-refractivity contribution in [3.05, 3.63) is 21.9 Å². The second kappa shape index (κ2) is 9.34. The number of aliphatic imine (C=N–C) groups is 1. The average Bonchev–Trinajstić information content (AvgIpc) is 2.89. The van der Waals surface area contributed by atoms with Crippen molar-refractivity contribution >= 4 is 47.2 Å². The first kappa shape index (κ1) is 19.2. The molecular weight excluding hydrogens is 411 g/mol. The molecule has 0 radical (unpaired) electrons. The molecule has 0 aromatic carbocycles. The van der Waals surface area contributed by atoms with Crippen molar-refractivity contribution in [2.75, 3.05) is 20.1 Å². The minimum atomic E-state index is 0. The number of thiophene rings is 1. The number of carbonyl (C=O) groups excluding carboxylic acids is 1. The maximum Gasteiger partial charge on any atom is 0.219 e. The highest BCUT2D eigenvalue weighted by Gasteiger charge is 2.21. The Bertz CT molecular complexity index is 509. The van der Waals surface area contributed by atoms with Crippen LogP contribution >= 0.6 is 35.3 Å². The Balaban J connectivity index is 0.00000242. The molecule has 0 atom stereocenters. The van der Waals surface area contributed by atoms with Crippen molar-refractivity contribution < 1.29 is 4.79 Å². The molecule has 2 N–H and O–H groups in total. The monoisotopic (exact) mass is 436 g/mol. The number of piperidine rings is 1. The number of halogens is 1. The van der Waals surface area contributed by atoms with Gasteiger partial charge in [-0.15, -0.1) is 35.3 Å². The molecule has 0 saturated carbocycles. The van der Waals surface area contributed by atoms with E-state index in [1.165, 1.54) is 9.75 Å². The van der Waals surface area contributed by atoms with Crippen molar-refractivity contribution in [2.24, 2.45) is 4.99 Å². The summed E-state index contributed by atoms with van der Waals surface area (Å²) in [6.45, 7) is 6.20. The first-order valence-electron chi connectivity index (χ1n) is 7.36. The van der Waals surface area contributed by atoms with E-state index in [4.69, 9.17) is 0 Å². The molecule has 1 fully saturated rings. The molecule has 1 amide bonds. The summed E-state index contributed by atoms with van der Waals surface area (Å²) < 4.78 is 0. The number of carbonyl (C=O) groups is 1. The third-order valence-corrected chi connectivity index (χ3v) is 4.73. The number of aryl methyl sites for hydroxylation is 1. The van der Waals surface area contributed by atoms with Crippen LogP contribution in [0.25, 0.3) is 0 Å². The van der Waals surface area contributed by atoms with Crippen LogP contribution < -0.4 is 10.6 Å². The van der Waals surface area contributed by atoms with E-state index in [2.05, 4.69) is 34.7 Å². The van der Waals surface area contributed by atoms with Gasteiger partial charge in [0.1, 0.15) is 0 Å². The van der Waals surface area contributed by atoms with E-state index in [9.17, 15) is 4.79 Å². The van der Waals surface area contributed by atoms with Crippen LogP contribution in [0.15, 0.2) is 17.1 Å². The second-order valence-electron chi connectivity index (χ2n) is 5.36. The van der Waals surface area contributed by atoms with Gasteiger partial charge in [-0.1, -0.05) is 0 Å². The van der Waals surface area contributed by atoms with E-state index in [0.29, 0.717) is 6.04 Å². The zero-order valence-corrected chi connectivity index (χ0v) is 16.5. The fourth-order valence-corrected chi connectivity index (χ4v) is 3.31. The van der Waals surface area contributed by atoms with Gasteiger partial charge in [0.15, 0.2) is 5.96 Å². The van der Waals surface area contributed by atoms with Crippen molar-refractivity contribution in [3.8, 4) is 0 Å². The first-order chi connectivity index (χ1) is 10.1. The summed E-state index contributed by atoms with van der Waals surface area (Å²) >= 11 is 1.80. The quantitative estimate of drug-likeness (QED) is 0.435. The fraction of sp³-hybridized carbons (Fsp3) is 0.600. The predicted octanol–water partition coefficient (Wildman–Crippen LogP) is 2.35. The molecule has 0 aliphatic carbocycles. The van der Waals surface area contributed by atoms with Gasteiger partial charge in [-0.3, -0.25) is 9.79 Å². The number of likely N-dealkylation sites (tertiary alicyclic amines) is 1. The Morgan fingerprint density at radius 2 is 2.09 bits per heavy atom. The molecule has 1 saturated heterocycles. The molecule has 0 unspecified atom stereocenters. The maximum atomic E-state index is 11.3. The normalized spacial score (nSPS) is 16.1. The highest BCUT2D eigenvalue weighted by Crippen LogP contribution is 2.14. The van der Waals surface area contributed by atoms with Gasteiger partial charge in [0.25, 0.3) is 0 Å². The highest BCUT2D eigenvalue weighted by molar-refractivity contribution is 14.0. The molecule has 1 aliphatic rings. The SMILES string of the molecule is CN=C(NCc1ccc(C)s1)NC1CCN(C(C)=O)CC1.I. The zero-order valence-electron chi connectivity index (χ0n) is 13.4. The lowest BCUT2D eigenvalue weighted by molar-refractivity contribution is -0.129. The summed E-state index contributed by atoms with van der Waals surface area (Å²) in [6.07, 6.45) is 1.94. The van der Waals surface area contributed by atoms with Crippen LogP contribution in [0.2, 0.25) is 0 Å². The zero-order chi connectivity index (χ0) is 15.2. The molecule has 2 heterocycles. The van der Waals surface area contributed by atoms with Gasteiger partial charge in [-0.25, -0.2) is 0 Å². The van der Waals surface area contributed by atoms with Crippen LogP contribution in [0.1, 0.15) is 29.5 Å². The largest absolute Gasteiger partial charge is 0.354 e. The summed E-state index contributed by atoms with van der Waals surface area (Å²) in [5.74, 6) is 1.01. The van der Waals surface area contributed by atoms with Crippen molar-refractivity contribution in [1.29, 1.82) is 0 Å². The lowest BCUT2D eigenvalue weighted by atomic mass is 10.1. The van der Waals surface area contributed by atoms with Crippen LogP contribution in [0.4, 0.5) is 0 Å². The van der Waals surface area contributed by atoms with Crippen LogP contribution in [0, 0.1) is 6.92 Å². The lowest BCUT2D eigenvalue weighted by Crippen LogP contribution is -2.49. The molecule has 1 aromatic rings. The topological polar surface area (TPSA) is 56.7 Å². The first-order valence-corrected chi connectivity index (χ1v) is 8.18. The third kappa shape index (κ3) is 5.75. The molecule has 0 spiro atoms. The van der Waals surface area contributed by atoms with Gasteiger partial charge in [0, 0.05) is 42.9 Å². The minimum Gasteiger partial charge on any atom is -0.354 e. The average molecular weight is 436 g/mol.